The van der Waals surface area contributed by atoms with Gasteiger partial charge in [0.1, 0.15) is 0 Å². The monoisotopic (exact) mass is 142 g/mol. The number of nitrogens with two attached hydrogens (primary N) is 1. The van der Waals surface area contributed by atoms with Crippen molar-refractivity contribution < 1.29 is 0 Å². The fourth-order valence-electron chi connectivity index (χ4n) is 1.01. The molecule has 0 bridgehead atoms. The minimum Gasteiger partial charge on any atom is -0.326 e. The zero-order valence-corrected chi connectivity index (χ0v) is 7.17. The minimum absolute atomic E-state index is 0.215. The summed E-state index contributed by atoms with van der Waals surface area (Å²) in [5, 5.41) is 0. The van der Waals surface area contributed by atoms with Crippen LogP contribution in [0.3, 0.4) is 0 Å². The standard InChI is InChI=1S/C8H18N2/c1-5-7(9)8(6-2)10(3)4/h6-8H,2,5,9H2,1,3-4H3. The van der Waals surface area contributed by atoms with Crippen LogP contribution in [0, 0.1) is 0 Å². The Morgan fingerprint density at radius 1 is 1.60 bits per heavy atom. The van der Waals surface area contributed by atoms with Crippen LogP contribution in [0.4, 0.5) is 0 Å². The van der Waals surface area contributed by atoms with E-state index in [0.717, 1.165) is 6.42 Å². The fraction of sp³-hybridized carbons (Fsp3) is 0.750. The van der Waals surface area contributed by atoms with Gasteiger partial charge in [0.05, 0.1) is 0 Å². The van der Waals surface area contributed by atoms with Gasteiger partial charge in [0, 0.05) is 12.1 Å². The molecule has 2 atom stereocenters. The summed E-state index contributed by atoms with van der Waals surface area (Å²) in [4.78, 5) is 2.08. The maximum absolute atomic E-state index is 5.82. The van der Waals surface area contributed by atoms with Crippen LogP contribution in [0.5, 0.6) is 0 Å². The van der Waals surface area contributed by atoms with E-state index in [1.807, 2.05) is 20.2 Å². The van der Waals surface area contributed by atoms with Gasteiger partial charge in [-0.2, -0.15) is 0 Å². The zero-order chi connectivity index (χ0) is 8.15. The predicted octanol–water partition coefficient (Wildman–Crippen LogP) is 0.840. The Kier molecular flexibility index (Phi) is 4.32. The van der Waals surface area contributed by atoms with Crippen LogP contribution in [0.2, 0.25) is 0 Å². The number of rotatable bonds is 4. The van der Waals surface area contributed by atoms with Crippen LogP contribution in [-0.2, 0) is 0 Å². The van der Waals surface area contributed by atoms with Crippen LogP contribution in [0.1, 0.15) is 13.3 Å². The highest BCUT2D eigenvalue weighted by atomic mass is 15.1. The van der Waals surface area contributed by atoms with Crippen molar-refractivity contribution in [3.63, 3.8) is 0 Å². The molecule has 2 heteroatoms. The molecule has 0 rings (SSSR count). The third-order valence-electron chi connectivity index (χ3n) is 1.75. The molecule has 60 valence electrons. The van der Waals surface area contributed by atoms with Crippen LogP contribution in [0.25, 0.3) is 0 Å². The van der Waals surface area contributed by atoms with E-state index in [2.05, 4.69) is 18.4 Å². The summed E-state index contributed by atoms with van der Waals surface area (Å²) in [7, 11) is 4.03. The van der Waals surface area contributed by atoms with Gasteiger partial charge in [0.2, 0.25) is 0 Å². The molecule has 0 spiro atoms. The van der Waals surface area contributed by atoms with E-state index < -0.39 is 0 Å². The van der Waals surface area contributed by atoms with Crippen LogP contribution in [-0.4, -0.2) is 31.1 Å². The minimum atomic E-state index is 0.215. The maximum atomic E-state index is 5.82. The highest BCUT2D eigenvalue weighted by Gasteiger charge is 2.13. The van der Waals surface area contributed by atoms with Crippen molar-refractivity contribution >= 4 is 0 Å². The molecule has 0 aliphatic rings. The first-order chi connectivity index (χ1) is 4.63. The van der Waals surface area contributed by atoms with Gasteiger partial charge in [0.15, 0.2) is 0 Å². The highest BCUT2D eigenvalue weighted by molar-refractivity contribution is 4.92. The third kappa shape index (κ3) is 2.50. The van der Waals surface area contributed by atoms with Crippen molar-refractivity contribution in [1.82, 2.24) is 4.90 Å². The molecular formula is C8H18N2. The van der Waals surface area contributed by atoms with Gasteiger partial charge in [-0.3, -0.25) is 0 Å². The number of hydrogen-bond acceptors (Lipinski definition) is 2. The molecule has 2 unspecified atom stereocenters. The van der Waals surface area contributed by atoms with E-state index in [9.17, 15) is 0 Å². The van der Waals surface area contributed by atoms with Gasteiger partial charge in [-0.15, -0.1) is 6.58 Å². The van der Waals surface area contributed by atoms with Crippen molar-refractivity contribution in [2.45, 2.75) is 25.4 Å². The molecular weight excluding hydrogens is 124 g/mol. The van der Waals surface area contributed by atoms with Crippen LogP contribution >= 0.6 is 0 Å². The van der Waals surface area contributed by atoms with Gasteiger partial charge in [-0.05, 0) is 20.5 Å². The molecule has 0 aromatic rings. The van der Waals surface area contributed by atoms with Crippen molar-refractivity contribution in [1.29, 1.82) is 0 Å². The van der Waals surface area contributed by atoms with E-state index in [1.54, 1.807) is 0 Å². The molecule has 0 aliphatic carbocycles. The lowest BCUT2D eigenvalue weighted by Crippen LogP contribution is -2.42. The zero-order valence-electron chi connectivity index (χ0n) is 7.17. The SMILES string of the molecule is C=CC(C(N)CC)N(C)C. The molecule has 0 saturated heterocycles. The number of nitrogens with zero attached hydrogens (tertiary/aromatic N) is 1. The molecule has 0 amide bonds. The molecule has 10 heavy (non-hydrogen) atoms. The second-order valence-electron chi connectivity index (χ2n) is 2.76. The van der Waals surface area contributed by atoms with Crippen molar-refractivity contribution in [3.8, 4) is 0 Å². The Morgan fingerprint density at radius 3 is 2.20 bits per heavy atom. The maximum Gasteiger partial charge on any atom is 0.0420 e. The van der Waals surface area contributed by atoms with Gasteiger partial charge in [-0.1, -0.05) is 13.0 Å². The molecule has 0 saturated carbocycles. The lowest BCUT2D eigenvalue weighted by Gasteiger charge is -2.25. The fourth-order valence-corrected chi connectivity index (χ4v) is 1.01. The quantitative estimate of drug-likeness (QED) is 0.589. The van der Waals surface area contributed by atoms with E-state index in [1.165, 1.54) is 0 Å². The molecule has 0 heterocycles. The normalized spacial score (nSPS) is 16.9. The first-order valence-corrected chi connectivity index (χ1v) is 3.68. The topological polar surface area (TPSA) is 29.3 Å². The van der Waals surface area contributed by atoms with Crippen molar-refractivity contribution in [3.05, 3.63) is 12.7 Å². The lowest BCUT2D eigenvalue weighted by atomic mass is 10.1. The van der Waals surface area contributed by atoms with Crippen molar-refractivity contribution in [2.75, 3.05) is 14.1 Å². The molecule has 0 aromatic heterocycles. The summed E-state index contributed by atoms with van der Waals surface area (Å²) >= 11 is 0. The molecule has 0 fully saturated rings. The summed E-state index contributed by atoms with van der Waals surface area (Å²) in [6.45, 7) is 5.82. The molecule has 0 radical (unpaired) electrons. The van der Waals surface area contributed by atoms with Gasteiger partial charge >= 0.3 is 0 Å². The Bertz CT molecular complexity index is 99.4. The number of hydrogen-bond donors (Lipinski definition) is 1. The summed E-state index contributed by atoms with van der Waals surface area (Å²) in [6, 6.07) is 0.525. The molecule has 2 N–H and O–H groups in total. The Labute approximate surface area is 63.7 Å². The van der Waals surface area contributed by atoms with Gasteiger partial charge < -0.3 is 10.6 Å². The van der Waals surface area contributed by atoms with Gasteiger partial charge in [0.25, 0.3) is 0 Å². The lowest BCUT2D eigenvalue weighted by molar-refractivity contribution is 0.297. The summed E-state index contributed by atoms with van der Waals surface area (Å²) in [5.41, 5.74) is 5.82. The second kappa shape index (κ2) is 4.47. The Hall–Kier alpha value is -0.340. The predicted molar refractivity (Wildman–Crippen MR) is 45.9 cm³/mol. The third-order valence-corrected chi connectivity index (χ3v) is 1.75. The van der Waals surface area contributed by atoms with E-state index in [-0.39, 0.29) is 6.04 Å². The Morgan fingerprint density at radius 2 is 2.10 bits per heavy atom. The van der Waals surface area contributed by atoms with E-state index in [0.29, 0.717) is 6.04 Å². The first-order valence-electron chi connectivity index (χ1n) is 3.68. The van der Waals surface area contributed by atoms with Crippen LogP contribution < -0.4 is 5.73 Å². The van der Waals surface area contributed by atoms with E-state index >= 15 is 0 Å². The second-order valence-corrected chi connectivity index (χ2v) is 2.76. The largest absolute Gasteiger partial charge is 0.326 e. The first kappa shape index (κ1) is 9.66. The average molecular weight is 142 g/mol. The van der Waals surface area contributed by atoms with Crippen LogP contribution in [0.15, 0.2) is 12.7 Å². The van der Waals surface area contributed by atoms with E-state index in [4.69, 9.17) is 5.73 Å². The number of likely N-dealkylation sites (N-methyl/N-ethyl adjacent to an activating group) is 1. The molecule has 0 aromatic carbocycles. The summed E-state index contributed by atoms with van der Waals surface area (Å²) in [5.74, 6) is 0. The summed E-state index contributed by atoms with van der Waals surface area (Å²) < 4.78 is 0. The average Bonchev–Trinajstić information content (AvgIpc) is 1.88. The summed E-state index contributed by atoms with van der Waals surface area (Å²) in [6.07, 6.45) is 2.89. The smallest absolute Gasteiger partial charge is 0.0420 e. The highest BCUT2D eigenvalue weighted by Crippen LogP contribution is 2.01. The molecule has 0 aliphatic heterocycles. The van der Waals surface area contributed by atoms with Gasteiger partial charge in [-0.25, -0.2) is 0 Å². The van der Waals surface area contributed by atoms with Crippen molar-refractivity contribution in [2.24, 2.45) is 5.73 Å². The Balaban J connectivity index is 3.92. The molecule has 2 nitrogen and oxygen atoms in total.